The maximum absolute atomic E-state index is 12.0. The lowest BCUT2D eigenvalue weighted by Crippen LogP contribution is -2.39. The van der Waals surface area contributed by atoms with Gasteiger partial charge >= 0.3 is 5.97 Å². The molecule has 104 valence electrons. The van der Waals surface area contributed by atoms with Crippen LogP contribution in [0.2, 0.25) is 5.02 Å². The van der Waals surface area contributed by atoms with Crippen LogP contribution in [0.4, 0.5) is 5.69 Å². The summed E-state index contributed by atoms with van der Waals surface area (Å²) >= 11 is 5.88. The Morgan fingerprint density at radius 2 is 2.16 bits per heavy atom. The number of nitrogens with zero attached hydrogens (tertiary/aromatic N) is 1. The molecule has 0 heterocycles. The Balaban J connectivity index is 2.98. The van der Waals surface area contributed by atoms with Crippen LogP contribution in [0.1, 0.15) is 6.92 Å². The third-order valence-corrected chi connectivity index (χ3v) is 2.80. The standard InChI is InChI=1S/C13H16ClNO4/c1-9(13(17)18)7-15(12(16)8-19-2)11-5-3-4-10(14)6-11/h3-6,9H,7-8H2,1-2H3,(H,17,18). The van der Waals surface area contributed by atoms with E-state index in [0.29, 0.717) is 10.7 Å². The van der Waals surface area contributed by atoms with Gasteiger partial charge in [0.15, 0.2) is 0 Å². The summed E-state index contributed by atoms with van der Waals surface area (Å²) < 4.78 is 4.81. The van der Waals surface area contributed by atoms with Crippen molar-refractivity contribution in [2.75, 3.05) is 25.2 Å². The van der Waals surface area contributed by atoms with Crippen LogP contribution in [0.5, 0.6) is 0 Å². The Hall–Kier alpha value is -1.59. The maximum atomic E-state index is 12.0. The molecule has 0 bridgehead atoms. The van der Waals surface area contributed by atoms with E-state index in [1.165, 1.54) is 12.0 Å². The monoisotopic (exact) mass is 285 g/mol. The van der Waals surface area contributed by atoms with Crippen molar-refractivity contribution in [3.63, 3.8) is 0 Å². The second kappa shape index (κ2) is 7.11. The number of benzene rings is 1. The molecule has 0 spiro atoms. The Bertz CT molecular complexity index is 464. The third kappa shape index (κ3) is 4.54. The first-order chi connectivity index (χ1) is 8.95. The molecule has 19 heavy (non-hydrogen) atoms. The van der Waals surface area contributed by atoms with Crippen molar-refractivity contribution in [1.82, 2.24) is 0 Å². The molecule has 1 rings (SSSR count). The molecule has 0 aliphatic carbocycles. The number of carboxylic acids is 1. The Morgan fingerprint density at radius 3 is 2.68 bits per heavy atom. The van der Waals surface area contributed by atoms with Gasteiger partial charge in [-0.2, -0.15) is 0 Å². The largest absolute Gasteiger partial charge is 0.481 e. The summed E-state index contributed by atoms with van der Waals surface area (Å²) in [5.74, 6) is -1.95. The van der Waals surface area contributed by atoms with Gasteiger partial charge in [-0.25, -0.2) is 0 Å². The number of rotatable bonds is 6. The summed E-state index contributed by atoms with van der Waals surface area (Å²) in [6, 6.07) is 6.71. The van der Waals surface area contributed by atoms with Crippen molar-refractivity contribution in [1.29, 1.82) is 0 Å². The van der Waals surface area contributed by atoms with Gasteiger partial charge in [-0.1, -0.05) is 24.6 Å². The van der Waals surface area contributed by atoms with E-state index < -0.39 is 11.9 Å². The molecule has 0 saturated heterocycles. The lowest BCUT2D eigenvalue weighted by molar-refractivity contribution is -0.140. The lowest BCUT2D eigenvalue weighted by atomic mass is 10.1. The van der Waals surface area contributed by atoms with Gasteiger partial charge in [0.1, 0.15) is 6.61 Å². The first-order valence-corrected chi connectivity index (χ1v) is 6.11. The molecule has 1 aromatic carbocycles. The highest BCUT2D eigenvalue weighted by Gasteiger charge is 2.22. The number of carbonyl (C=O) groups is 2. The first kappa shape index (κ1) is 15.5. The minimum atomic E-state index is -0.961. The molecule has 1 unspecified atom stereocenters. The van der Waals surface area contributed by atoms with Crippen LogP contribution in [0.15, 0.2) is 24.3 Å². The lowest BCUT2D eigenvalue weighted by Gasteiger charge is -2.24. The zero-order valence-electron chi connectivity index (χ0n) is 10.8. The number of methoxy groups -OCH3 is 1. The summed E-state index contributed by atoms with van der Waals surface area (Å²) in [6.45, 7) is 1.50. The molecular formula is C13H16ClNO4. The molecule has 0 fully saturated rings. The number of halogens is 1. The second-order valence-corrected chi connectivity index (χ2v) is 4.59. The molecule has 0 aliphatic heterocycles. The zero-order valence-corrected chi connectivity index (χ0v) is 11.6. The van der Waals surface area contributed by atoms with Gasteiger partial charge in [-0.3, -0.25) is 9.59 Å². The van der Waals surface area contributed by atoms with E-state index in [1.807, 2.05) is 0 Å². The highest BCUT2D eigenvalue weighted by Crippen LogP contribution is 2.21. The summed E-state index contributed by atoms with van der Waals surface area (Å²) in [7, 11) is 1.41. The molecule has 6 heteroatoms. The SMILES string of the molecule is COCC(=O)N(CC(C)C(=O)O)c1cccc(Cl)c1. The number of aliphatic carboxylic acids is 1. The fourth-order valence-electron chi connectivity index (χ4n) is 1.55. The predicted octanol–water partition coefficient (Wildman–Crippen LogP) is 2.04. The first-order valence-electron chi connectivity index (χ1n) is 5.73. The van der Waals surface area contributed by atoms with E-state index >= 15 is 0 Å². The number of hydrogen-bond acceptors (Lipinski definition) is 3. The van der Waals surface area contributed by atoms with Gasteiger partial charge in [-0.05, 0) is 18.2 Å². The van der Waals surface area contributed by atoms with Gasteiger partial charge < -0.3 is 14.7 Å². The summed E-state index contributed by atoms with van der Waals surface area (Å²) in [6.07, 6.45) is 0. The van der Waals surface area contributed by atoms with Crippen LogP contribution in [-0.4, -0.2) is 37.2 Å². The minimum absolute atomic E-state index is 0.0673. The van der Waals surface area contributed by atoms with Crippen LogP contribution >= 0.6 is 11.6 Å². The molecule has 0 saturated carbocycles. The topological polar surface area (TPSA) is 66.8 Å². The van der Waals surface area contributed by atoms with Gasteiger partial charge in [-0.15, -0.1) is 0 Å². The van der Waals surface area contributed by atoms with Crippen molar-refractivity contribution < 1.29 is 19.4 Å². The van der Waals surface area contributed by atoms with Crippen molar-refractivity contribution >= 4 is 29.2 Å². The Labute approximate surface area is 116 Å². The van der Waals surface area contributed by atoms with E-state index in [9.17, 15) is 9.59 Å². The molecule has 0 aliphatic rings. The number of amides is 1. The Morgan fingerprint density at radius 1 is 1.47 bits per heavy atom. The number of carboxylic acid groups (broad SMARTS) is 1. The fourth-order valence-corrected chi connectivity index (χ4v) is 1.73. The molecule has 1 N–H and O–H groups in total. The van der Waals surface area contributed by atoms with Crippen molar-refractivity contribution in [3.8, 4) is 0 Å². The molecule has 5 nitrogen and oxygen atoms in total. The summed E-state index contributed by atoms with van der Waals surface area (Å²) in [5, 5.41) is 9.43. The zero-order chi connectivity index (χ0) is 14.4. The number of hydrogen-bond donors (Lipinski definition) is 1. The van der Waals surface area contributed by atoms with Crippen LogP contribution in [0.3, 0.4) is 0 Å². The van der Waals surface area contributed by atoms with E-state index in [2.05, 4.69) is 0 Å². The third-order valence-electron chi connectivity index (χ3n) is 2.57. The highest BCUT2D eigenvalue weighted by molar-refractivity contribution is 6.30. The second-order valence-electron chi connectivity index (χ2n) is 4.16. The maximum Gasteiger partial charge on any atom is 0.308 e. The van der Waals surface area contributed by atoms with E-state index in [1.54, 1.807) is 31.2 Å². The van der Waals surface area contributed by atoms with Gasteiger partial charge in [0, 0.05) is 24.4 Å². The van der Waals surface area contributed by atoms with E-state index in [0.717, 1.165) is 0 Å². The normalized spacial score (nSPS) is 11.9. The van der Waals surface area contributed by atoms with Crippen molar-refractivity contribution in [3.05, 3.63) is 29.3 Å². The fraction of sp³-hybridized carbons (Fsp3) is 0.385. The molecule has 1 aromatic rings. The highest BCUT2D eigenvalue weighted by atomic mass is 35.5. The average molecular weight is 286 g/mol. The predicted molar refractivity (Wildman–Crippen MR) is 72.5 cm³/mol. The van der Waals surface area contributed by atoms with E-state index in [-0.39, 0.29) is 19.1 Å². The smallest absolute Gasteiger partial charge is 0.308 e. The van der Waals surface area contributed by atoms with Gasteiger partial charge in [0.25, 0.3) is 5.91 Å². The number of carbonyl (C=O) groups excluding carboxylic acids is 1. The van der Waals surface area contributed by atoms with Crippen LogP contribution < -0.4 is 4.90 Å². The molecule has 0 radical (unpaired) electrons. The van der Waals surface area contributed by atoms with Crippen LogP contribution in [-0.2, 0) is 14.3 Å². The van der Waals surface area contributed by atoms with E-state index in [4.69, 9.17) is 21.4 Å². The minimum Gasteiger partial charge on any atom is -0.481 e. The van der Waals surface area contributed by atoms with Crippen LogP contribution in [0, 0.1) is 5.92 Å². The van der Waals surface area contributed by atoms with Gasteiger partial charge in [0.05, 0.1) is 5.92 Å². The molecule has 1 atom stereocenters. The van der Waals surface area contributed by atoms with Crippen molar-refractivity contribution in [2.24, 2.45) is 5.92 Å². The number of anilines is 1. The average Bonchev–Trinajstić information content (AvgIpc) is 2.35. The molecule has 0 aromatic heterocycles. The molecule has 1 amide bonds. The van der Waals surface area contributed by atoms with Crippen molar-refractivity contribution in [2.45, 2.75) is 6.92 Å². The quantitative estimate of drug-likeness (QED) is 0.868. The Kier molecular flexibility index (Phi) is 5.79. The summed E-state index contributed by atoms with van der Waals surface area (Å²) in [5.41, 5.74) is 0.558. The van der Waals surface area contributed by atoms with Gasteiger partial charge in [0.2, 0.25) is 0 Å². The van der Waals surface area contributed by atoms with Crippen LogP contribution in [0.25, 0.3) is 0 Å². The number of ether oxygens (including phenoxy) is 1. The molecular weight excluding hydrogens is 270 g/mol. The summed E-state index contributed by atoms with van der Waals surface area (Å²) in [4.78, 5) is 24.3.